The summed E-state index contributed by atoms with van der Waals surface area (Å²) in [6.45, 7) is 3.59. The Bertz CT molecular complexity index is 1230. The third-order valence-electron chi connectivity index (χ3n) is 7.54. The SMILES string of the molecule is CCC(I)C1CC12CCN(C(=O)c1cc(Cl)ccc1-c1ncccn1)[C@H](CNc1ccc(Cl)cn1)C2. The van der Waals surface area contributed by atoms with Gasteiger partial charge in [-0.2, -0.15) is 0 Å². The van der Waals surface area contributed by atoms with Gasteiger partial charge in [0, 0.05) is 52.2 Å². The first-order valence-corrected chi connectivity index (χ1v) is 14.3. The van der Waals surface area contributed by atoms with E-state index in [0.717, 1.165) is 24.6 Å². The van der Waals surface area contributed by atoms with Crippen LogP contribution in [-0.4, -0.2) is 48.8 Å². The van der Waals surface area contributed by atoms with Crippen LogP contribution in [0.4, 0.5) is 5.82 Å². The van der Waals surface area contributed by atoms with Crippen molar-refractivity contribution in [2.75, 3.05) is 18.4 Å². The number of hydrogen-bond donors (Lipinski definition) is 1. The largest absolute Gasteiger partial charge is 0.368 e. The average Bonchev–Trinajstić information content (AvgIpc) is 3.60. The van der Waals surface area contributed by atoms with E-state index in [1.165, 1.54) is 12.8 Å². The lowest BCUT2D eigenvalue weighted by atomic mass is 9.84. The van der Waals surface area contributed by atoms with Gasteiger partial charge in [0.1, 0.15) is 5.82 Å². The maximum Gasteiger partial charge on any atom is 0.254 e. The number of benzene rings is 1. The summed E-state index contributed by atoms with van der Waals surface area (Å²) < 4.78 is 0.672. The number of hydrogen-bond acceptors (Lipinski definition) is 5. The van der Waals surface area contributed by atoms with Crippen LogP contribution in [0, 0.1) is 11.3 Å². The summed E-state index contributed by atoms with van der Waals surface area (Å²) in [6.07, 6.45) is 9.42. The van der Waals surface area contributed by atoms with E-state index in [2.05, 4.69) is 49.8 Å². The van der Waals surface area contributed by atoms with Crippen LogP contribution in [0.3, 0.4) is 0 Å². The van der Waals surface area contributed by atoms with Gasteiger partial charge < -0.3 is 10.2 Å². The van der Waals surface area contributed by atoms with E-state index in [-0.39, 0.29) is 11.9 Å². The van der Waals surface area contributed by atoms with Gasteiger partial charge in [-0.3, -0.25) is 4.79 Å². The van der Waals surface area contributed by atoms with Crippen LogP contribution in [-0.2, 0) is 0 Å². The second kappa shape index (κ2) is 10.8. The Balaban J connectivity index is 1.43. The molecule has 1 aromatic carbocycles. The predicted octanol–water partition coefficient (Wildman–Crippen LogP) is 6.78. The second-order valence-corrected chi connectivity index (χ2v) is 12.2. The second-order valence-electron chi connectivity index (χ2n) is 9.71. The van der Waals surface area contributed by atoms with E-state index >= 15 is 0 Å². The minimum Gasteiger partial charge on any atom is -0.368 e. The fraction of sp³-hybridized carbons (Fsp3) is 0.407. The lowest BCUT2D eigenvalue weighted by Gasteiger charge is -2.41. The number of likely N-dealkylation sites (tertiary alicyclic amines) is 1. The zero-order valence-corrected chi connectivity index (χ0v) is 23.7. The molecule has 2 aliphatic rings. The van der Waals surface area contributed by atoms with Crippen LogP contribution in [0.2, 0.25) is 10.0 Å². The fourth-order valence-electron chi connectivity index (χ4n) is 5.54. The minimum absolute atomic E-state index is 0.0257. The van der Waals surface area contributed by atoms with Crippen molar-refractivity contribution in [1.29, 1.82) is 0 Å². The minimum atomic E-state index is -0.0376. The van der Waals surface area contributed by atoms with Crippen molar-refractivity contribution in [1.82, 2.24) is 19.9 Å². The zero-order chi connectivity index (χ0) is 25.3. The van der Waals surface area contributed by atoms with Gasteiger partial charge in [0.25, 0.3) is 5.91 Å². The van der Waals surface area contributed by atoms with Crippen LogP contribution < -0.4 is 5.32 Å². The van der Waals surface area contributed by atoms with Gasteiger partial charge in [-0.05, 0) is 73.4 Å². The molecular formula is C27H28Cl2IN5O. The molecule has 36 heavy (non-hydrogen) atoms. The Morgan fingerprint density at radius 2 is 1.94 bits per heavy atom. The fourth-order valence-corrected chi connectivity index (χ4v) is 6.84. The molecule has 1 aliphatic heterocycles. The molecule has 188 valence electrons. The predicted molar refractivity (Wildman–Crippen MR) is 153 cm³/mol. The number of aromatic nitrogens is 3. The molecule has 1 aliphatic carbocycles. The van der Waals surface area contributed by atoms with E-state index < -0.39 is 0 Å². The Morgan fingerprint density at radius 1 is 1.17 bits per heavy atom. The van der Waals surface area contributed by atoms with E-state index in [4.69, 9.17) is 23.2 Å². The zero-order valence-electron chi connectivity index (χ0n) is 20.0. The van der Waals surface area contributed by atoms with Crippen molar-refractivity contribution in [2.24, 2.45) is 11.3 Å². The van der Waals surface area contributed by atoms with E-state index in [0.29, 0.717) is 49.4 Å². The Morgan fingerprint density at radius 3 is 2.67 bits per heavy atom. The molecule has 1 amide bonds. The molecule has 4 atom stereocenters. The van der Waals surface area contributed by atoms with Crippen LogP contribution in [0.1, 0.15) is 43.0 Å². The highest BCUT2D eigenvalue weighted by molar-refractivity contribution is 14.1. The Labute approximate surface area is 235 Å². The molecule has 5 rings (SSSR count). The molecular weight excluding hydrogens is 608 g/mol. The maximum atomic E-state index is 14.1. The van der Waals surface area contributed by atoms with Crippen LogP contribution in [0.25, 0.3) is 11.4 Å². The first-order chi connectivity index (χ1) is 17.4. The van der Waals surface area contributed by atoms with Gasteiger partial charge in [-0.15, -0.1) is 0 Å². The van der Waals surface area contributed by atoms with Crippen LogP contribution >= 0.6 is 45.8 Å². The molecule has 0 radical (unpaired) electrons. The number of piperidine rings is 1. The third kappa shape index (κ3) is 5.34. The molecule has 1 spiro atoms. The summed E-state index contributed by atoms with van der Waals surface area (Å²) in [5.74, 6) is 1.95. The number of carbonyl (C=O) groups excluding carboxylic acids is 1. The van der Waals surface area contributed by atoms with Crippen molar-refractivity contribution in [2.45, 2.75) is 42.6 Å². The first-order valence-electron chi connectivity index (χ1n) is 12.3. The smallest absolute Gasteiger partial charge is 0.254 e. The summed E-state index contributed by atoms with van der Waals surface area (Å²) in [6, 6.07) is 10.8. The van der Waals surface area contributed by atoms with Gasteiger partial charge in [-0.1, -0.05) is 52.7 Å². The maximum absolute atomic E-state index is 14.1. The average molecular weight is 636 g/mol. The molecule has 2 aromatic heterocycles. The van der Waals surface area contributed by atoms with Crippen LogP contribution in [0.15, 0.2) is 55.0 Å². The molecule has 1 saturated heterocycles. The number of pyridine rings is 1. The number of halogens is 3. The number of nitrogens with one attached hydrogen (secondary N) is 1. The van der Waals surface area contributed by atoms with Gasteiger partial charge >= 0.3 is 0 Å². The van der Waals surface area contributed by atoms with Gasteiger partial charge in [0.2, 0.25) is 0 Å². The molecule has 2 fully saturated rings. The molecule has 6 nitrogen and oxygen atoms in total. The van der Waals surface area contributed by atoms with Gasteiger partial charge in [-0.25, -0.2) is 15.0 Å². The molecule has 3 heterocycles. The van der Waals surface area contributed by atoms with E-state index in [1.807, 2.05) is 23.1 Å². The summed E-state index contributed by atoms with van der Waals surface area (Å²) in [7, 11) is 0. The lowest BCUT2D eigenvalue weighted by Crippen LogP contribution is -2.50. The molecule has 3 aromatic rings. The first kappa shape index (κ1) is 25.7. The summed E-state index contributed by atoms with van der Waals surface area (Å²) in [5, 5.41) is 4.56. The molecule has 1 saturated carbocycles. The molecule has 0 bridgehead atoms. The standard InChI is InChI=1S/C27H28Cl2IN5O/c1-2-23(30)22-14-27(22)8-11-35(19(13-27)16-34-24-7-5-18(29)15-33-24)26(36)21-12-17(28)4-6-20(21)25-31-9-3-10-32-25/h3-7,9-10,12,15,19,22-23H,2,8,11,13-14,16H2,1H3,(H,33,34)/t19-,22?,23?,27?/m0/s1. The molecule has 1 N–H and O–H groups in total. The lowest BCUT2D eigenvalue weighted by molar-refractivity contribution is 0.0529. The van der Waals surface area contributed by atoms with E-state index in [9.17, 15) is 4.79 Å². The van der Waals surface area contributed by atoms with Crippen molar-refractivity contribution in [3.8, 4) is 11.4 Å². The Hall–Kier alpha value is -1.97. The highest BCUT2D eigenvalue weighted by atomic mass is 127. The highest BCUT2D eigenvalue weighted by Crippen LogP contribution is 2.63. The van der Waals surface area contributed by atoms with Gasteiger partial charge in [0.05, 0.1) is 10.6 Å². The van der Waals surface area contributed by atoms with Crippen LogP contribution in [0.5, 0.6) is 0 Å². The monoisotopic (exact) mass is 635 g/mol. The molecule has 9 heteroatoms. The van der Waals surface area contributed by atoms with E-state index in [1.54, 1.807) is 36.8 Å². The van der Waals surface area contributed by atoms with Crippen molar-refractivity contribution < 1.29 is 4.79 Å². The van der Waals surface area contributed by atoms with Gasteiger partial charge in [0.15, 0.2) is 5.82 Å². The quantitative estimate of drug-likeness (QED) is 0.229. The van der Waals surface area contributed by atoms with Crippen molar-refractivity contribution in [3.63, 3.8) is 0 Å². The summed E-state index contributed by atoms with van der Waals surface area (Å²) in [4.78, 5) is 29.2. The normalized spacial score (nSPS) is 23.9. The highest BCUT2D eigenvalue weighted by Gasteiger charge is 2.59. The number of nitrogens with zero attached hydrogens (tertiary/aromatic N) is 4. The summed E-state index contributed by atoms with van der Waals surface area (Å²) >= 11 is 15.0. The number of anilines is 1. The third-order valence-corrected chi connectivity index (χ3v) is 9.75. The number of amides is 1. The summed E-state index contributed by atoms with van der Waals surface area (Å²) in [5.41, 5.74) is 1.55. The number of alkyl halides is 1. The Kier molecular flexibility index (Phi) is 7.70. The van der Waals surface area contributed by atoms with Crippen molar-refractivity contribution >= 4 is 57.5 Å². The topological polar surface area (TPSA) is 71.0 Å². The molecule has 3 unspecified atom stereocenters. The van der Waals surface area contributed by atoms with Crippen molar-refractivity contribution in [3.05, 3.63) is 70.6 Å². The number of carbonyl (C=O) groups is 1. The number of rotatable bonds is 7.